The molecule has 1 heterocycles. The predicted octanol–water partition coefficient (Wildman–Crippen LogP) is 1.50. The molecule has 0 aliphatic rings. The van der Waals surface area contributed by atoms with Crippen LogP contribution in [0.5, 0.6) is 0 Å². The van der Waals surface area contributed by atoms with Gasteiger partial charge in [0.15, 0.2) is 5.43 Å². The molecule has 0 fully saturated rings. The van der Waals surface area contributed by atoms with E-state index in [1.54, 1.807) is 12.1 Å². The van der Waals surface area contributed by atoms with E-state index in [9.17, 15) is 14.4 Å². The average Bonchev–Trinajstić information content (AvgIpc) is 2.38. The van der Waals surface area contributed by atoms with Crippen molar-refractivity contribution in [1.82, 2.24) is 0 Å². The lowest BCUT2D eigenvalue weighted by Gasteiger charge is -1.91. The van der Waals surface area contributed by atoms with Gasteiger partial charge in [0, 0.05) is 18.2 Å². The second kappa shape index (κ2) is 6.75. The fourth-order valence-corrected chi connectivity index (χ4v) is 1.17. The summed E-state index contributed by atoms with van der Waals surface area (Å²) in [6.07, 6.45) is 2.52. The number of carboxylic acid groups (broad SMARTS) is 2. The maximum Gasteiger partial charge on any atom is 0.328 e. The number of hydrogen-bond donors (Lipinski definition) is 2. The second-order valence-corrected chi connectivity index (χ2v) is 3.29. The molecule has 19 heavy (non-hydrogen) atoms. The Hall–Kier alpha value is -2.89. The van der Waals surface area contributed by atoms with Gasteiger partial charge in [-0.2, -0.15) is 0 Å². The quantitative estimate of drug-likeness (QED) is 0.795. The maximum atomic E-state index is 11.1. The summed E-state index contributed by atoms with van der Waals surface area (Å²) in [5.41, 5.74) is 0.645. The SMILES string of the molecule is O=C(O)/C=C/C(=O)O.O=c1ccoc2ccccc12. The molecule has 0 spiro atoms. The molecular weight excluding hydrogens is 252 g/mol. The van der Waals surface area contributed by atoms with E-state index in [-0.39, 0.29) is 5.43 Å². The Morgan fingerprint density at radius 3 is 2.11 bits per heavy atom. The van der Waals surface area contributed by atoms with Crippen molar-refractivity contribution in [3.63, 3.8) is 0 Å². The van der Waals surface area contributed by atoms with Gasteiger partial charge in [0.25, 0.3) is 0 Å². The summed E-state index contributed by atoms with van der Waals surface area (Å²) in [5.74, 6) is -2.51. The van der Waals surface area contributed by atoms with Crippen molar-refractivity contribution in [3.05, 3.63) is 59.0 Å². The van der Waals surface area contributed by atoms with Gasteiger partial charge in [-0.3, -0.25) is 4.79 Å². The van der Waals surface area contributed by atoms with Gasteiger partial charge in [0.2, 0.25) is 0 Å². The van der Waals surface area contributed by atoms with Gasteiger partial charge in [0.05, 0.1) is 11.6 Å². The number of benzene rings is 1. The van der Waals surface area contributed by atoms with Crippen LogP contribution in [0.2, 0.25) is 0 Å². The molecule has 6 heteroatoms. The van der Waals surface area contributed by atoms with Crippen molar-refractivity contribution < 1.29 is 24.2 Å². The van der Waals surface area contributed by atoms with E-state index in [1.165, 1.54) is 12.3 Å². The van der Waals surface area contributed by atoms with Crippen LogP contribution in [0, 0.1) is 0 Å². The van der Waals surface area contributed by atoms with Gasteiger partial charge in [-0.15, -0.1) is 0 Å². The number of hydrogen-bond acceptors (Lipinski definition) is 4. The minimum atomic E-state index is -1.26. The molecule has 0 aliphatic carbocycles. The topological polar surface area (TPSA) is 105 Å². The molecule has 0 amide bonds. The summed E-state index contributed by atoms with van der Waals surface area (Å²) in [6.45, 7) is 0. The summed E-state index contributed by atoms with van der Waals surface area (Å²) in [4.78, 5) is 30.2. The zero-order chi connectivity index (χ0) is 14.3. The molecule has 2 N–H and O–H groups in total. The highest BCUT2D eigenvalue weighted by Crippen LogP contribution is 2.06. The third kappa shape index (κ3) is 4.86. The summed E-state index contributed by atoms with van der Waals surface area (Å²) >= 11 is 0. The van der Waals surface area contributed by atoms with E-state index in [4.69, 9.17) is 14.6 Å². The summed E-state index contributed by atoms with van der Waals surface area (Å²) in [5, 5.41) is 16.3. The molecule has 2 rings (SSSR count). The Bertz CT molecular complexity index is 647. The first-order valence-electron chi connectivity index (χ1n) is 5.11. The molecule has 0 atom stereocenters. The molecule has 0 radical (unpaired) electrons. The fourth-order valence-electron chi connectivity index (χ4n) is 1.17. The van der Waals surface area contributed by atoms with Crippen molar-refractivity contribution in [2.45, 2.75) is 0 Å². The number of fused-ring (bicyclic) bond motifs is 1. The second-order valence-electron chi connectivity index (χ2n) is 3.29. The van der Waals surface area contributed by atoms with Crippen LogP contribution in [-0.2, 0) is 9.59 Å². The van der Waals surface area contributed by atoms with Crippen molar-refractivity contribution >= 4 is 22.9 Å². The normalized spacial score (nSPS) is 9.89. The first kappa shape index (κ1) is 14.2. The van der Waals surface area contributed by atoms with Crippen LogP contribution in [0.1, 0.15) is 0 Å². The van der Waals surface area contributed by atoms with Gasteiger partial charge in [-0.1, -0.05) is 12.1 Å². The standard InChI is InChI=1S/C9H6O2.C4H4O4/c10-8-5-6-11-9-4-2-1-3-7(8)9;5-3(6)1-2-4(7)8/h1-6H;1-2H,(H,5,6)(H,7,8)/b;2-1+. The van der Waals surface area contributed by atoms with Crippen LogP contribution in [0.4, 0.5) is 0 Å². The highest BCUT2D eigenvalue weighted by molar-refractivity contribution is 5.89. The summed E-state index contributed by atoms with van der Waals surface area (Å²) in [7, 11) is 0. The average molecular weight is 262 g/mol. The molecule has 2 aromatic rings. The molecule has 0 saturated carbocycles. The first-order chi connectivity index (χ1) is 9.00. The summed E-state index contributed by atoms with van der Waals surface area (Å²) in [6, 6.07) is 8.60. The largest absolute Gasteiger partial charge is 0.478 e. The van der Waals surface area contributed by atoms with E-state index >= 15 is 0 Å². The van der Waals surface area contributed by atoms with Crippen LogP contribution >= 0.6 is 0 Å². The van der Waals surface area contributed by atoms with Gasteiger partial charge >= 0.3 is 11.9 Å². The van der Waals surface area contributed by atoms with Crippen LogP contribution in [0.15, 0.2) is 58.0 Å². The lowest BCUT2D eigenvalue weighted by atomic mass is 10.2. The molecule has 0 bridgehead atoms. The molecule has 0 aliphatic heterocycles. The van der Waals surface area contributed by atoms with Crippen LogP contribution in [-0.4, -0.2) is 22.2 Å². The van der Waals surface area contributed by atoms with Crippen molar-refractivity contribution in [2.24, 2.45) is 0 Å². The fraction of sp³-hybridized carbons (Fsp3) is 0. The minimum Gasteiger partial charge on any atom is -0.478 e. The molecule has 0 saturated heterocycles. The minimum absolute atomic E-state index is 0.00634. The van der Waals surface area contributed by atoms with Crippen LogP contribution in [0.25, 0.3) is 11.0 Å². The Morgan fingerprint density at radius 2 is 1.58 bits per heavy atom. The molecular formula is C13H10O6. The van der Waals surface area contributed by atoms with Gasteiger partial charge < -0.3 is 14.6 Å². The number of aliphatic carboxylic acids is 2. The van der Waals surface area contributed by atoms with E-state index in [1.807, 2.05) is 12.1 Å². The van der Waals surface area contributed by atoms with E-state index in [0.717, 1.165) is 0 Å². The lowest BCUT2D eigenvalue weighted by molar-refractivity contribution is -0.134. The van der Waals surface area contributed by atoms with Crippen LogP contribution in [0.3, 0.4) is 0 Å². The zero-order valence-electron chi connectivity index (χ0n) is 9.65. The van der Waals surface area contributed by atoms with Gasteiger partial charge in [-0.25, -0.2) is 9.59 Å². The van der Waals surface area contributed by atoms with E-state index < -0.39 is 11.9 Å². The van der Waals surface area contributed by atoms with E-state index in [0.29, 0.717) is 23.1 Å². The Morgan fingerprint density at radius 1 is 1.00 bits per heavy atom. The third-order valence-electron chi connectivity index (χ3n) is 1.94. The van der Waals surface area contributed by atoms with Gasteiger partial charge in [0.1, 0.15) is 5.58 Å². The molecule has 0 unspecified atom stereocenters. The first-order valence-corrected chi connectivity index (χ1v) is 5.11. The monoisotopic (exact) mass is 262 g/mol. The van der Waals surface area contributed by atoms with Crippen molar-refractivity contribution in [1.29, 1.82) is 0 Å². The maximum absolute atomic E-state index is 11.1. The third-order valence-corrected chi connectivity index (χ3v) is 1.94. The number of rotatable bonds is 2. The van der Waals surface area contributed by atoms with Gasteiger partial charge in [-0.05, 0) is 12.1 Å². The smallest absolute Gasteiger partial charge is 0.328 e. The number of carboxylic acids is 2. The zero-order valence-corrected chi connectivity index (χ0v) is 9.65. The molecule has 1 aromatic heterocycles. The Labute approximate surface area is 107 Å². The molecule has 1 aromatic carbocycles. The summed E-state index contributed by atoms with van der Waals surface area (Å²) < 4.78 is 5.09. The highest BCUT2D eigenvalue weighted by Gasteiger charge is 1.95. The van der Waals surface area contributed by atoms with Crippen LogP contribution < -0.4 is 5.43 Å². The van der Waals surface area contributed by atoms with E-state index in [2.05, 4.69) is 0 Å². The predicted molar refractivity (Wildman–Crippen MR) is 66.9 cm³/mol. The number of carbonyl (C=O) groups is 2. The molecule has 6 nitrogen and oxygen atoms in total. The lowest BCUT2D eigenvalue weighted by Crippen LogP contribution is -1.96. The molecule has 98 valence electrons. The highest BCUT2D eigenvalue weighted by atomic mass is 16.4. The number of para-hydroxylation sites is 1. The van der Waals surface area contributed by atoms with Crippen molar-refractivity contribution in [3.8, 4) is 0 Å². The van der Waals surface area contributed by atoms with Crippen molar-refractivity contribution in [2.75, 3.05) is 0 Å². The Balaban J connectivity index is 0.000000203. The Kier molecular flexibility index (Phi) is 5.04.